The van der Waals surface area contributed by atoms with E-state index in [9.17, 15) is 0 Å². The minimum atomic E-state index is 0.207. The lowest BCUT2D eigenvalue weighted by atomic mass is 10.1. The first kappa shape index (κ1) is 15.5. The Hall–Kier alpha value is -0.840. The molecule has 0 bridgehead atoms. The normalized spacial score (nSPS) is 15.0. The summed E-state index contributed by atoms with van der Waals surface area (Å²) in [6.07, 6.45) is 0.943. The van der Waals surface area contributed by atoms with Gasteiger partial charge in [-0.15, -0.1) is 0 Å². The minimum absolute atomic E-state index is 0.207. The molecule has 0 saturated heterocycles. The Balaban J connectivity index is 2.14. The molecule has 0 fully saturated rings. The summed E-state index contributed by atoms with van der Waals surface area (Å²) in [5.74, 6) is 1.22. The Morgan fingerprint density at radius 2 is 2.30 bits per heavy atom. The fourth-order valence-corrected chi connectivity index (χ4v) is 2.83. The van der Waals surface area contributed by atoms with Crippen molar-refractivity contribution in [3.05, 3.63) is 28.3 Å². The predicted octanol–water partition coefficient (Wildman–Crippen LogP) is 3.02. The van der Waals surface area contributed by atoms with Gasteiger partial charge in [0.1, 0.15) is 5.75 Å². The Morgan fingerprint density at radius 1 is 1.55 bits per heavy atom. The maximum absolute atomic E-state index is 6.20. The molecule has 3 nitrogen and oxygen atoms in total. The van der Waals surface area contributed by atoms with Gasteiger partial charge in [0.15, 0.2) is 0 Å². The Kier molecular flexibility index (Phi) is 5.24. The first-order chi connectivity index (χ1) is 9.51. The highest BCUT2D eigenvalue weighted by Crippen LogP contribution is 2.33. The van der Waals surface area contributed by atoms with Gasteiger partial charge in [0, 0.05) is 36.0 Å². The van der Waals surface area contributed by atoms with Gasteiger partial charge < -0.3 is 10.5 Å². The van der Waals surface area contributed by atoms with Crippen LogP contribution in [0, 0.1) is 5.92 Å². The van der Waals surface area contributed by atoms with Crippen molar-refractivity contribution in [1.82, 2.24) is 4.90 Å². The number of hydrogen-bond acceptors (Lipinski definition) is 3. The van der Waals surface area contributed by atoms with E-state index in [0.717, 1.165) is 49.0 Å². The quantitative estimate of drug-likeness (QED) is 0.820. The van der Waals surface area contributed by atoms with Crippen LogP contribution in [-0.4, -0.2) is 29.6 Å². The zero-order chi connectivity index (χ0) is 14.7. The van der Waals surface area contributed by atoms with Gasteiger partial charge in [-0.1, -0.05) is 37.7 Å². The van der Waals surface area contributed by atoms with Gasteiger partial charge in [-0.25, -0.2) is 0 Å². The van der Waals surface area contributed by atoms with Crippen molar-refractivity contribution in [3.63, 3.8) is 0 Å². The molecule has 1 atom stereocenters. The zero-order valence-corrected chi connectivity index (χ0v) is 13.6. The summed E-state index contributed by atoms with van der Waals surface area (Å²) < 4.78 is 5.75. The highest BCUT2D eigenvalue weighted by Gasteiger charge is 2.20. The zero-order valence-electron chi connectivity index (χ0n) is 12.0. The molecule has 1 heterocycles. The number of ether oxygens (including phenoxy) is 1. The summed E-state index contributed by atoms with van der Waals surface area (Å²) >= 11 is 11.3. The lowest BCUT2D eigenvalue weighted by Gasteiger charge is -2.24. The first-order valence-corrected chi connectivity index (χ1v) is 7.75. The standard InChI is InChI=1S/C15H21ClN2OS/c1-3-18(8-10(2)15(17)20)9-12-7-13(16)6-11-4-5-19-14(11)12/h6-7,10H,3-5,8-9H2,1-2H3,(H2,17,20). The molecule has 0 aliphatic carbocycles. The van der Waals surface area contributed by atoms with Crippen molar-refractivity contribution in [2.75, 3.05) is 19.7 Å². The summed E-state index contributed by atoms with van der Waals surface area (Å²) in [4.78, 5) is 2.88. The van der Waals surface area contributed by atoms with Crippen LogP contribution in [-0.2, 0) is 13.0 Å². The SMILES string of the molecule is CCN(Cc1cc(Cl)cc2c1OCC2)CC(C)C(N)=S. The lowest BCUT2D eigenvalue weighted by Crippen LogP contribution is -2.33. The van der Waals surface area contributed by atoms with Crippen LogP contribution in [0.3, 0.4) is 0 Å². The van der Waals surface area contributed by atoms with E-state index < -0.39 is 0 Å². The second kappa shape index (κ2) is 6.74. The second-order valence-corrected chi connectivity index (χ2v) is 6.19. The average molecular weight is 313 g/mol. The highest BCUT2D eigenvalue weighted by molar-refractivity contribution is 7.80. The van der Waals surface area contributed by atoms with E-state index in [1.165, 1.54) is 5.56 Å². The molecule has 1 aliphatic rings. The summed E-state index contributed by atoms with van der Waals surface area (Å²) in [5, 5.41) is 0.780. The molecule has 0 aromatic heterocycles. The fourth-order valence-electron chi connectivity index (χ4n) is 2.49. The Bertz CT molecular complexity index is 507. The molecule has 0 spiro atoms. The molecule has 2 rings (SSSR count). The molecule has 1 unspecified atom stereocenters. The van der Waals surface area contributed by atoms with Crippen molar-refractivity contribution in [1.29, 1.82) is 0 Å². The third-order valence-electron chi connectivity index (χ3n) is 3.68. The first-order valence-electron chi connectivity index (χ1n) is 6.97. The van der Waals surface area contributed by atoms with E-state index in [1.54, 1.807) is 0 Å². The topological polar surface area (TPSA) is 38.5 Å². The van der Waals surface area contributed by atoms with E-state index in [2.05, 4.69) is 18.7 Å². The Morgan fingerprint density at radius 3 is 2.95 bits per heavy atom. The summed E-state index contributed by atoms with van der Waals surface area (Å²) in [6.45, 7) is 7.55. The van der Waals surface area contributed by atoms with Gasteiger partial charge in [0.05, 0.1) is 11.6 Å². The number of fused-ring (bicyclic) bond motifs is 1. The van der Waals surface area contributed by atoms with Crippen LogP contribution in [0.5, 0.6) is 5.75 Å². The van der Waals surface area contributed by atoms with Crippen LogP contribution in [0.2, 0.25) is 5.02 Å². The molecular formula is C15H21ClN2OS. The lowest BCUT2D eigenvalue weighted by molar-refractivity contribution is 0.258. The monoisotopic (exact) mass is 312 g/mol. The molecule has 0 saturated carbocycles. The van der Waals surface area contributed by atoms with Crippen molar-refractivity contribution in [3.8, 4) is 5.75 Å². The van der Waals surface area contributed by atoms with E-state index in [0.29, 0.717) is 4.99 Å². The summed E-state index contributed by atoms with van der Waals surface area (Å²) in [6, 6.07) is 4.00. The van der Waals surface area contributed by atoms with E-state index >= 15 is 0 Å². The van der Waals surface area contributed by atoms with Crippen LogP contribution >= 0.6 is 23.8 Å². The van der Waals surface area contributed by atoms with Crippen LogP contribution in [0.1, 0.15) is 25.0 Å². The number of benzene rings is 1. The van der Waals surface area contributed by atoms with E-state index in [1.807, 2.05) is 12.1 Å². The molecule has 0 amide bonds. The third-order valence-corrected chi connectivity index (χ3v) is 4.30. The van der Waals surface area contributed by atoms with Crippen LogP contribution in [0.25, 0.3) is 0 Å². The number of halogens is 1. The number of hydrogen-bond donors (Lipinski definition) is 1. The maximum Gasteiger partial charge on any atom is 0.127 e. The van der Waals surface area contributed by atoms with Gasteiger partial charge in [0.2, 0.25) is 0 Å². The number of thiocarbonyl (C=S) groups is 1. The van der Waals surface area contributed by atoms with Gasteiger partial charge >= 0.3 is 0 Å². The molecule has 1 aliphatic heterocycles. The molecule has 0 radical (unpaired) electrons. The molecule has 1 aromatic rings. The van der Waals surface area contributed by atoms with Gasteiger partial charge in [-0.05, 0) is 24.2 Å². The number of nitrogens with two attached hydrogens (primary N) is 1. The van der Waals surface area contributed by atoms with Gasteiger partial charge in [0.25, 0.3) is 0 Å². The summed E-state index contributed by atoms with van der Waals surface area (Å²) in [7, 11) is 0. The number of rotatable bonds is 6. The van der Waals surface area contributed by atoms with Crippen LogP contribution in [0.15, 0.2) is 12.1 Å². The van der Waals surface area contributed by atoms with Crippen LogP contribution < -0.4 is 10.5 Å². The third kappa shape index (κ3) is 3.62. The smallest absolute Gasteiger partial charge is 0.127 e. The molecular weight excluding hydrogens is 292 g/mol. The van der Waals surface area contributed by atoms with Crippen molar-refractivity contribution >= 4 is 28.8 Å². The molecule has 2 N–H and O–H groups in total. The molecule has 1 aromatic carbocycles. The fraction of sp³-hybridized carbons (Fsp3) is 0.533. The summed E-state index contributed by atoms with van der Waals surface area (Å²) in [5.41, 5.74) is 8.07. The van der Waals surface area contributed by atoms with E-state index in [4.69, 9.17) is 34.3 Å². The van der Waals surface area contributed by atoms with Crippen molar-refractivity contribution < 1.29 is 4.74 Å². The van der Waals surface area contributed by atoms with Gasteiger partial charge in [-0.3, -0.25) is 4.90 Å². The Labute approximate surface area is 131 Å². The second-order valence-electron chi connectivity index (χ2n) is 5.28. The molecule has 110 valence electrons. The van der Waals surface area contributed by atoms with Crippen LogP contribution in [0.4, 0.5) is 0 Å². The predicted molar refractivity (Wildman–Crippen MR) is 87.6 cm³/mol. The maximum atomic E-state index is 6.20. The minimum Gasteiger partial charge on any atom is -0.493 e. The van der Waals surface area contributed by atoms with Gasteiger partial charge in [-0.2, -0.15) is 0 Å². The number of nitrogens with zero attached hydrogens (tertiary/aromatic N) is 1. The van der Waals surface area contributed by atoms with Crippen molar-refractivity contribution in [2.45, 2.75) is 26.8 Å². The van der Waals surface area contributed by atoms with Crippen molar-refractivity contribution in [2.24, 2.45) is 11.7 Å². The van der Waals surface area contributed by atoms with E-state index in [-0.39, 0.29) is 5.92 Å². The largest absolute Gasteiger partial charge is 0.493 e. The highest BCUT2D eigenvalue weighted by atomic mass is 35.5. The average Bonchev–Trinajstić information content (AvgIpc) is 2.85. The molecule has 5 heteroatoms. The molecule has 20 heavy (non-hydrogen) atoms.